The maximum Gasteiger partial charge on any atom is 0.264 e. The highest BCUT2D eigenvalue weighted by atomic mass is 32.2. The van der Waals surface area contributed by atoms with Crippen molar-refractivity contribution in [3.05, 3.63) is 282 Å². The molecule has 5 N–H and O–H groups in total. The number of rotatable bonds is 19. The van der Waals surface area contributed by atoms with E-state index < -0.39 is 30.1 Å². The molecule has 0 saturated heterocycles. The van der Waals surface area contributed by atoms with Gasteiger partial charge in [0.15, 0.2) is 17.3 Å². The normalized spacial score (nSPS) is 11.8. The van der Waals surface area contributed by atoms with E-state index in [4.69, 9.17) is 28.9 Å². The number of benzene rings is 8. The lowest BCUT2D eigenvalue weighted by Gasteiger charge is -2.18. The first-order valence-electron chi connectivity index (χ1n) is 34.5. The van der Waals surface area contributed by atoms with E-state index in [9.17, 15) is 39.6 Å². The van der Waals surface area contributed by atoms with Crippen LogP contribution in [0.3, 0.4) is 0 Å². The van der Waals surface area contributed by atoms with Gasteiger partial charge in [-0.05, 0) is 192 Å². The molecule has 28 heteroatoms. The second-order valence-corrected chi connectivity index (χ2v) is 30.7. The molecule has 0 saturated carbocycles. The molecule has 0 fully saturated rings. The van der Waals surface area contributed by atoms with Crippen molar-refractivity contribution < 1.29 is 53.6 Å². The molecular formula is C82H71N13O12S3. The number of aromatic nitrogens is 7. The zero-order chi connectivity index (χ0) is 77.4. The van der Waals surface area contributed by atoms with Crippen LogP contribution in [0.15, 0.2) is 256 Å². The summed E-state index contributed by atoms with van der Waals surface area (Å²) in [6.07, 6.45) is 3.15. The van der Waals surface area contributed by atoms with E-state index in [1.165, 1.54) is 77.2 Å². The second kappa shape index (κ2) is 32.1. The highest BCUT2D eigenvalue weighted by Crippen LogP contribution is 2.38. The van der Waals surface area contributed by atoms with Crippen LogP contribution in [0, 0.1) is 34.6 Å². The SMILES string of the molecule is CCN(CC)S(=O)(=O)c1ccc(NC(=O)c2cc(-c3ccccc3)nc3ccccc23)cc1.Cc1cc(C)c2nc(-c3ccccn3)cc(C(=O)Nc3ccc(S(=O)(=O)Nc4cc(C)on4)cc3)c2c1.Cc1ccc2nc(-c3ccc4c(c3)OCO4)cc(C(=O)Nc3ccc(S(=O)(=O)Nc4nccc(C)n4)cc3)c2c1. The van der Waals surface area contributed by atoms with Crippen molar-refractivity contribution in [1.82, 2.24) is 39.4 Å². The summed E-state index contributed by atoms with van der Waals surface area (Å²) < 4.78 is 98.2. The summed E-state index contributed by atoms with van der Waals surface area (Å²) in [6, 6.07) is 64.3. The van der Waals surface area contributed by atoms with E-state index in [1.807, 2.05) is 142 Å². The molecule has 0 aliphatic carbocycles. The predicted octanol–water partition coefficient (Wildman–Crippen LogP) is 15.5. The van der Waals surface area contributed by atoms with E-state index in [-0.39, 0.29) is 51.0 Å². The largest absolute Gasteiger partial charge is 0.454 e. The Hall–Kier alpha value is -13.2. The molecule has 3 amide bonds. The summed E-state index contributed by atoms with van der Waals surface area (Å²) in [5.41, 5.74) is 12.7. The minimum atomic E-state index is -3.92. The first-order valence-corrected chi connectivity index (χ1v) is 38.9. The highest BCUT2D eigenvalue weighted by molar-refractivity contribution is 7.93. The van der Waals surface area contributed by atoms with Gasteiger partial charge in [-0.2, -0.15) is 4.31 Å². The fourth-order valence-corrected chi connectivity index (χ4v) is 15.5. The van der Waals surface area contributed by atoms with Gasteiger partial charge < -0.3 is 29.9 Å². The van der Waals surface area contributed by atoms with Gasteiger partial charge >= 0.3 is 0 Å². The van der Waals surface area contributed by atoms with Crippen molar-refractivity contribution in [3.63, 3.8) is 0 Å². The van der Waals surface area contributed by atoms with Crippen LogP contribution in [0.5, 0.6) is 11.5 Å². The van der Waals surface area contributed by atoms with Crippen molar-refractivity contribution >= 4 is 109 Å². The van der Waals surface area contributed by atoms with Crippen LogP contribution in [0.25, 0.3) is 66.6 Å². The Bertz CT molecular complexity index is 6200. The van der Waals surface area contributed by atoms with Gasteiger partial charge in [-0.25, -0.2) is 54.9 Å². The number of amides is 3. The topological polar surface area (TPSA) is 339 Å². The number of hydrogen-bond acceptors (Lipinski definition) is 19. The van der Waals surface area contributed by atoms with Crippen LogP contribution in [0.4, 0.5) is 28.8 Å². The molecule has 0 bridgehead atoms. The van der Waals surface area contributed by atoms with E-state index >= 15 is 0 Å². The zero-order valence-corrected chi connectivity index (χ0v) is 62.8. The summed E-state index contributed by atoms with van der Waals surface area (Å²) in [7, 11) is -11.3. The molecule has 0 atom stereocenters. The van der Waals surface area contributed by atoms with Gasteiger partial charge in [0.1, 0.15) is 5.76 Å². The van der Waals surface area contributed by atoms with Crippen LogP contribution in [0.2, 0.25) is 0 Å². The number of hydrogen-bond donors (Lipinski definition) is 5. The quantitative estimate of drug-likeness (QED) is 0.0502. The number of para-hydroxylation sites is 1. The maximum absolute atomic E-state index is 13.5. The smallest absolute Gasteiger partial charge is 0.264 e. The molecule has 110 heavy (non-hydrogen) atoms. The van der Waals surface area contributed by atoms with Crippen molar-refractivity contribution in [1.29, 1.82) is 0 Å². The van der Waals surface area contributed by atoms with Crippen molar-refractivity contribution in [2.45, 2.75) is 63.2 Å². The van der Waals surface area contributed by atoms with Crippen LogP contribution < -0.4 is 34.9 Å². The first kappa shape index (κ1) is 75.1. The molecule has 1 aliphatic rings. The number of aryl methyl sites for hydroxylation is 5. The average Bonchev–Trinajstić information content (AvgIpc) is 0.869. The lowest BCUT2D eigenvalue weighted by molar-refractivity contribution is 0.102. The van der Waals surface area contributed by atoms with Gasteiger partial charge in [0.05, 0.1) is 70.7 Å². The van der Waals surface area contributed by atoms with Crippen LogP contribution in [-0.2, 0) is 30.1 Å². The minimum absolute atomic E-state index is 0.00526. The van der Waals surface area contributed by atoms with Crippen molar-refractivity contribution in [3.8, 4) is 45.4 Å². The number of fused-ring (bicyclic) bond motifs is 4. The third-order valence-electron chi connectivity index (χ3n) is 17.5. The number of carbonyl (C=O) groups excluding carboxylic acids is 3. The Labute approximate surface area is 634 Å². The molecule has 8 aromatic carbocycles. The van der Waals surface area contributed by atoms with E-state index in [1.54, 1.807) is 70.3 Å². The van der Waals surface area contributed by atoms with E-state index in [0.717, 1.165) is 49.6 Å². The van der Waals surface area contributed by atoms with Gasteiger partial charge in [-0.3, -0.25) is 24.1 Å². The van der Waals surface area contributed by atoms with Crippen LogP contribution in [0.1, 0.15) is 73.1 Å². The van der Waals surface area contributed by atoms with Crippen molar-refractivity contribution in [2.24, 2.45) is 0 Å². The second-order valence-electron chi connectivity index (χ2n) is 25.4. The van der Waals surface area contributed by atoms with Gasteiger partial charge in [0, 0.05) is 81.6 Å². The third kappa shape index (κ3) is 17.1. The molecule has 1 aliphatic heterocycles. The van der Waals surface area contributed by atoms with Crippen LogP contribution in [-0.4, -0.2) is 102 Å². The fourth-order valence-electron chi connectivity index (χ4n) is 12.1. The molecule has 7 heterocycles. The Balaban J connectivity index is 0.000000146. The molecule has 554 valence electrons. The summed E-state index contributed by atoms with van der Waals surface area (Å²) in [5, 5.41) is 14.5. The standard InChI is InChI=1S/C29H23N5O5S.C27H23N5O4S.C26H25N3O3S/c1-17-3-9-24-22(13-17)23(15-25(33-24)19-4-10-26-27(14-19)39-16-38-26)28(35)32-20-5-7-21(8-6-20)40(36,37)34-29-30-12-11-18(2)31-29;1-16-12-17(2)26-21(13-16)22(15-24(30-26)23-6-4-5-11-28-23)27(33)29-19-7-9-20(10-8-19)37(34,35)32-25-14-18(3)36-31-25;1-3-29(4-2)33(31,32)21-16-14-20(15-17-21)27-26(30)23-18-25(19-10-6-5-7-11-19)28-24-13-9-8-12-22(23)24/h3-15H,16H2,1-2H3,(H,32,35)(H,30,31,34);4-15H,1-3H3,(H,29,33)(H,31,32);5-18H,3-4H2,1-2H3,(H,27,30). The Morgan fingerprint density at radius 3 is 1.60 bits per heavy atom. The van der Waals surface area contributed by atoms with Gasteiger partial charge in [-0.15, -0.1) is 0 Å². The maximum atomic E-state index is 13.5. The van der Waals surface area contributed by atoms with Crippen LogP contribution >= 0.6 is 0 Å². The minimum Gasteiger partial charge on any atom is -0.454 e. The van der Waals surface area contributed by atoms with Gasteiger partial charge in [0.25, 0.3) is 37.8 Å². The molecule has 0 unspecified atom stereocenters. The van der Waals surface area contributed by atoms with E-state index in [2.05, 4.69) is 45.5 Å². The summed E-state index contributed by atoms with van der Waals surface area (Å²) >= 11 is 0. The van der Waals surface area contributed by atoms with Gasteiger partial charge in [-0.1, -0.05) is 96.9 Å². The lowest BCUT2D eigenvalue weighted by atomic mass is 10.0. The molecule has 0 spiro atoms. The summed E-state index contributed by atoms with van der Waals surface area (Å²) in [6.45, 7) is 13.8. The molecular weight excluding hydrogens is 1460 g/mol. The molecule has 0 radical (unpaired) electrons. The van der Waals surface area contributed by atoms with Crippen molar-refractivity contribution in [2.75, 3.05) is 45.3 Å². The van der Waals surface area contributed by atoms with Gasteiger partial charge in [0.2, 0.25) is 22.8 Å². The molecule has 15 rings (SSSR count). The Morgan fingerprint density at radius 1 is 0.436 bits per heavy atom. The fraction of sp³-hybridized carbons (Fsp3) is 0.122. The summed E-state index contributed by atoms with van der Waals surface area (Å²) in [4.78, 5) is 67.1. The lowest BCUT2D eigenvalue weighted by Crippen LogP contribution is -2.30. The number of carbonyl (C=O) groups is 3. The predicted molar refractivity (Wildman–Crippen MR) is 423 cm³/mol. The Morgan fingerprint density at radius 2 is 0.991 bits per heavy atom. The molecule has 14 aromatic rings. The zero-order valence-electron chi connectivity index (χ0n) is 60.3. The number of ether oxygens (including phenoxy) is 2. The van der Waals surface area contributed by atoms with E-state index in [0.29, 0.717) is 103 Å². The monoisotopic (exact) mass is 1530 g/mol. The number of anilines is 5. The number of pyridine rings is 4. The molecule has 25 nitrogen and oxygen atoms in total. The molecule has 6 aromatic heterocycles. The Kier molecular flexibility index (Phi) is 21.9. The average molecular weight is 1530 g/mol. The third-order valence-corrected chi connectivity index (χ3v) is 22.3. The number of nitrogens with one attached hydrogen (secondary N) is 5. The number of sulfonamides is 3. The number of nitrogens with zero attached hydrogens (tertiary/aromatic N) is 8. The summed E-state index contributed by atoms with van der Waals surface area (Å²) in [5.74, 6) is 0.839. The highest BCUT2D eigenvalue weighted by Gasteiger charge is 2.25. The first-order chi connectivity index (χ1) is 52.9.